The van der Waals surface area contributed by atoms with Crippen LogP contribution >= 0.6 is 11.6 Å². The lowest BCUT2D eigenvalue weighted by Crippen LogP contribution is -2.41. The number of amides is 1. The van der Waals surface area contributed by atoms with E-state index in [9.17, 15) is 4.79 Å². The lowest BCUT2D eigenvalue weighted by molar-refractivity contribution is -0.126. The fraction of sp³-hybridized carbons (Fsp3) is 0.667. The zero-order valence-electron chi connectivity index (χ0n) is 10.8. The molecule has 0 aliphatic carbocycles. The van der Waals surface area contributed by atoms with Crippen molar-refractivity contribution in [2.24, 2.45) is 5.92 Å². The molecule has 0 aromatic carbocycles. The number of H-pyrrole nitrogens is 1. The van der Waals surface area contributed by atoms with Crippen molar-refractivity contribution in [2.75, 3.05) is 20.1 Å². The summed E-state index contributed by atoms with van der Waals surface area (Å²) in [5.74, 6) is 0.214. The van der Waals surface area contributed by atoms with Gasteiger partial charge in [-0.3, -0.25) is 14.8 Å². The van der Waals surface area contributed by atoms with Crippen molar-refractivity contribution in [3.63, 3.8) is 0 Å². The van der Waals surface area contributed by atoms with Gasteiger partial charge in [0.15, 0.2) is 0 Å². The summed E-state index contributed by atoms with van der Waals surface area (Å²) < 4.78 is 0. The molecule has 6 heteroatoms. The molecule has 2 N–H and O–H groups in total. The highest BCUT2D eigenvalue weighted by molar-refractivity contribution is 6.31. The van der Waals surface area contributed by atoms with E-state index in [1.54, 1.807) is 7.05 Å². The van der Waals surface area contributed by atoms with Crippen LogP contribution in [0.15, 0.2) is 0 Å². The van der Waals surface area contributed by atoms with Gasteiger partial charge < -0.3 is 5.32 Å². The van der Waals surface area contributed by atoms with E-state index in [1.165, 1.54) is 0 Å². The highest BCUT2D eigenvalue weighted by atomic mass is 35.5. The largest absolute Gasteiger partial charge is 0.359 e. The third-order valence-corrected chi connectivity index (χ3v) is 3.94. The van der Waals surface area contributed by atoms with E-state index in [0.29, 0.717) is 11.6 Å². The summed E-state index contributed by atoms with van der Waals surface area (Å²) in [7, 11) is 1.69. The number of aryl methyl sites for hydroxylation is 1. The Kier molecular flexibility index (Phi) is 4.24. The van der Waals surface area contributed by atoms with E-state index < -0.39 is 0 Å². The maximum Gasteiger partial charge on any atom is 0.224 e. The third kappa shape index (κ3) is 2.84. The molecule has 2 rings (SSSR count). The summed E-state index contributed by atoms with van der Waals surface area (Å²) in [6, 6.07) is 0. The number of hydrogen-bond donors (Lipinski definition) is 2. The van der Waals surface area contributed by atoms with Crippen molar-refractivity contribution in [3.8, 4) is 0 Å². The molecule has 0 unspecified atom stereocenters. The molecule has 1 aromatic heterocycles. The Morgan fingerprint density at radius 1 is 1.67 bits per heavy atom. The Labute approximate surface area is 112 Å². The SMILES string of the molecule is CNC(=O)[C@H]1CCCN(Cc2n[nH]c(C)c2Cl)C1. The molecule has 1 atom stereocenters. The number of aromatic amines is 1. The Morgan fingerprint density at radius 3 is 3.06 bits per heavy atom. The molecule has 1 aliphatic heterocycles. The van der Waals surface area contributed by atoms with Crippen LogP contribution in [0.25, 0.3) is 0 Å². The van der Waals surface area contributed by atoms with Crippen molar-refractivity contribution in [3.05, 3.63) is 16.4 Å². The Morgan fingerprint density at radius 2 is 2.44 bits per heavy atom. The van der Waals surface area contributed by atoms with Crippen LogP contribution in [0.3, 0.4) is 0 Å². The lowest BCUT2D eigenvalue weighted by Gasteiger charge is -2.31. The molecule has 0 bridgehead atoms. The van der Waals surface area contributed by atoms with Gasteiger partial charge in [0.1, 0.15) is 0 Å². The average molecular weight is 271 g/mol. The Hall–Kier alpha value is -1.07. The first-order valence-corrected chi connectivity index (χ1v) is 6.63. The van der Waals surface area contributed by atoms with Gasteiger partial charge in [-0.1, -0.05) is 11.6 Å². The predicted octanol–water partition coefficient (Wildman–Crippen LogP) is 1.33. The van der Waals surface area contributed by atoms with Crippen LogP contribution in [-0.2, 0) is 11.3 Å². The molecule has 18 heavy (non-hydrogen) atoms. The minimum Gasteiger partial charge on any atom is -0.359 e. The van der Waals surface area contributed by atoms with Gasteiger partial charge in [-0.2, -0.15) is 5.10 Å². The fourth-order valence-electron chi connectivity index (χ4n) is 2.40. The minimum atomic E-state index is 0.0857. The number of likely N-dealkylation sites (tertiary alicyclic amines) is 1. The normalized spacial score (nSPS) is 20.9. The molecule has 1 saturated heterocycles. The van der Waals surface area contributed by atoms with E-state index in [2.05, 4.69) is 20.4 Å². The summed E-state index contributed by atoms with van der Waals surface area (Å²) in [5.41, 5.74) is 1.76. The number of aromatic nitrogens is 2. The number of nitrogens with one attached hydrogen (secondary N) is 2. The summed E-state index contributed by atoms with van der Waals surface area (Å²) in [4.78, 5) is 13.9. The number of halogens is 1. The second kappa shape index (κ2) is 5.71. The van der Waals surface area contributed by atoms with Gasteiger partial charge in [-0.25, -0.2) is 0 Å². The first kappa shape index (κ1) is 13.4. The second-order valence-electron chi connectivity index (χ2n) is 4.80. The summed E-state index contributed by atoms with van der Waals surface area (Å²) in [6.45, 7) is 4.39. The predicted molar refractivity (Wildman–Crippen MR) is 70.4 cm³/mol. The Bertz CT molecular complexity index is 432. The molecule has 1 fully saturated rings. The molecule has 1 aliphatic rings. The lowest BCUT2D eigenvalue weighted by atomic mass is 9.97. The molecule has 100 valence electrons. The zero-order valence-corrected chi connectivity index (χ0v) is 11.5. The zero-order chi connectivity index (χ0) is 13.1. The van der Waals surface area contributed by atoms with Crippen molar-refractivity contribution >= 4 is 17.5 Å². The van der Waals surface area contributed by atoms with Crippen molar-refractivity contribution in [2.45, 2.75) is 26.3 Å². The molecule has 1 aromatic rings. The number of nitrogens with zero attached hydrogens (tertiary/aromatic N) is 2. The molecule has 2 heterocycles. The Balaban J connectivity index is 1.97. The van der Waals surface area contributed by atoms with Crippen molar-refractivity contribution in [1.82, 2.24) is 20.4 Å². The maximum atomic E-state index is 11.7. The van der Waals surface area contributed by atoms with E-state index >= 15 is 0 Å². The van der Waals surface area contributed by atoms with Gasteiger partial charge in [0.05, 0.1) is 22.3 Å². The van der Waals surface area contributed by atoms with Crippen LogP contribution < -0.4 is 5.32 Å². The molecule has 0 radical (unpaired) electrons. The minimum absolute atomic E-state index is 0.0857. The van der Waals surface area contributed by atoms with Gasteiger partial charge in [0.25, 0.3) is 0 Å². The maximum absolute atomic E-state index is 11.7. The van der Waals surface area contributed by atoms with Gasteiger partial charge in [0.2, 0.25) is 5.91 Å². The molecular weight excluding hydrogens is 252 g/mol. The monoisotopic (exact) mass is 270 g/mol. The molecular formula is C12H19ClN4O. The van der Waals surface area contributed by atoms with Crippen LogP contribution in [0, 0.1) is 12.8 Å². The summed E-state index contributed by atoms with van der Waals surface area (Å²) >= 11 is 6.15. The highest BCUT2D eigenvalue weighted by Gasteiger charge is 2.25. The summed E-state index contributed by atoms with van der Waals surface area (Å²) in [6.07, 6.45) is 2.00. The average Bonchev–Trinajstić information content (AvgIpc) is 2.70. The van der Waals surface area contributed by atoms with Crippen LogP contribution in [0.5, 0.6) is 0 Å². The number of rotatable bonds is 3. The standard InChI is InChI=1S/C12H19ClN4O/c1-8-11(13)10(16-15-8)7-17-5-3-4-9(6-17)12(18)14-2/h9H,3-7H2,1-2H3,(H,14,18)(H,15,16)/t9-/m0/s1. The van der Waals surface area contributed by atoms with Crippen LogP contribution in [0.1, 0.15) is 24.2 Å². The number of piperidine rings is 1. The van der Waals surface area contributed by atoms with E-state index in [4.69, 9.17) is 11.6 Å². The van der Waals surface area contributed by atoms with E-state index in [1.807, 2.05) is 6.92 Å². The highest BCUT2D eigenvalue weighted by Crippen LogP contribution is 2.22. The third-order valence-electron chi connectivity index (χ3n) is 3.44. The first-order valence-electron chi connectivity index (χ1n) is 6.25. The van der Waals surface area contributed by atoms with Crippen LogP contribution in [0.4, 0.5) is 0 Å². The van der Waals surface area contributed by atoms with Gasteiger partial charge in [0, 0.05) is 20.1 Å². The number of hydrogen-bond acceptors (Lipinski definition) is 3. The van der Waals surface area contributed by atoms with E-state index in [0.717, 1.165) is 37.3 Å². The number of carbonyl (C=O) groups is 1. The van der Waals surface area contributed by atoms with Crippen molar-refractivity contribution in [1.29, 1.82) is 0 Å². The van der Waals surface area contributed by atoms with E-state index in [-0.39, 0.29) is 11.8 Å². The fourth-order valence-corrected chi connectivity index (χ4v) is 2.54. The first-order chi connectivity index (χ1) is 8.61. The van der Waals surface area contributed by atoms with Crippen LogP contribution in [-0.4, -0.2) is 41.1 Å². The van der Waals surface area contributed by atoms with Gasteiger partial charge in [-0.05, 0) is 26.3 Å². The molecule has 0 saturated carbocycles. The summed E-state index contributed by atoms with van der Waals surface area (Å²) in [5, 5.41) is 10.5. The van der Waals surface area contributed by atoms with Gasteiger partial charge in [-0.15, -0.1) is 0 Å². The quantitative estimate of drug-likeness (QED) is 0.871. The van der Waals surface area contributed by atoms with Crippen LogP contribution in [0.2, 0.25) is 5.02 Å². The second-order valence-corrected chi connectivity index (χ2v) is 5.18. The molecule has 0 spiro atoms. The number of carbonyl (C=O) groups excluding carboxylic acids is 1. The molecule has 5 nitrogen and oxygen atoms in total. The van der Waals surface area contributed by atoms with Gasteiger partial charge >= 0.3 is 0 Å². The van der Waals surface area contributed by atoms with Crippen molar-refractivity contribution < 1.29 is 4.79 Å². The smallest absolute Gasteiger partial charge is 0.224 e. The molecule has 1 amide bonds. The topological polar surface area (TPSA) is 61.0 Å².